The zero-order valence-corrected chi connectivity index (χ0v) is 13.6. The lowest BCUT2D eigenvalue weighted by atomic mass is 10.2. The van der Waals surface area contributed by atoms with Gasteiger partial charge in [-0.05, 0) is 24.5 Å². The molecule has 23 heavy (non-hydrogen) atoms. The summed E-state index contributed by atoms with van der Waals surface area (Å²) in [6.07, 6.45) is 0. The van der Waals surface area contributed by atoms with Gasteiger partial charge in [0.1, 0.15) is 10.7 Å². The standard InChI is InChI=1S/C14H17N5O3S/c1-9-12(14(15-2)23-18-9)13(20)17-8-7-16-10-5-3-4-6-11(10)19(21)22/h3-6,15-16H,7-8H2,1-2H3,(H,17,20). The van der Waals surface area contributed by atoms with Crippen LogP contribution in [0.5, 0.6) is 0 Å². The van der Waals surface area contributed by atoms with Crippen molar-refractivity contribution in [3.05, 3.63) is 45.6 Å². The lowest BCUT2D eigenvalue weighted by Crippen LogP contribution is -2.29. The summed E-state index contributed by atoms with van der Waals surface area (Å²) in [5.41, 5.74) is 1.64. The Morgan fingerprint density at radius 3 is 2.78 bits per heavy atom. The third-order valence-electron chi connectivity index (χ3n) is 3.14. The van der Waals surface area contributed by atoms with Gasteiger partial charge in [0, 0.05) is 26.2 Å². The van der Waals surface area contributed by atoms with Crippen LogP contribution >= 0.6 is 11.5 Å². The number of amides is 1. The molecule has 0 fully saturated rings. The number of aromatic nitrogens is 1. The first kappa shape index (κ1) is 16.7. The molecule has 2 rings (SSSR count). The van der Waals surface area contributed by atoms with Gasteiger partial charge in [-0.1, -0.05) is 12.1 Å². The number of carbonyl (C=O) groups excluding carboxylic acids is 1. The Bertz CT molecular complexity index is 716. The average molecular weight is 335 g/mol. The van der Waals surface area contributed by atoms with E-state index in [0.717, 1.165) is 0 Å². The maximum Gasteiger partial charge on any atom is 0.292 e. The number of nitro groups is 1. The molecule has 9 heteroatoms. The highest BCUT2D eigenvalue weighted by Gasteiger charge is 2.17. The summed E-state index contributed by atoms with van der Waals surface area (Å²) < 4.78 is 4.14. The molecule has 1 heterocycles. The third-order valence-corrected chi connectivity index (χ3v) is 4.10. The first-order chi connectivity index (χ1) is 11.0. The van der Waals surface area contributed by atoms with Gasteiger partial charge >= 0.3 is 0 Å². The van der Waals surface area contributed by atoms with Gasteiger partial charge in [0.05, 0.1) is 16.2 Å². The van der Waals surface area contributed by atoms with E-state index in [1.807, 2.05) is 0 Å². The second kappa shape index (κ2) is 7.54. The van der Waals surface area contributed by atoms with Crippen LogP contribution in [0.25, 0.3) is 0 Å². The Labute approximate surface area is 137 Å². The summed E-state index contributed by atoms with van der Waals surface area (Å²) in [6, 6.07) is 6.39. The summed E-state index contributed by atoms with van der Waals surface area (Å²) in [5.74, 6) is -0.218. The molecule has 1 aromatic carbocycles. The minimum atomic E-state index is -0.444. The van der Waals surface area contributed by atoms with Gasteiger partial charge in [0.25, 0.3) is 11.6 Å². The molecule has 2 aromatic rings. The fourth-order valence-corrected chi connectivity index (χ4v) is 2.79. The number of anilines is 2. The number of rotatable bonds is 7. The van der Waals surface area contributed by atoms with Gasteiger partial charge < -0.3 is 16.0 Å². The summed E-state index contributed by atoms with van der Waals surface area (Å²) >= 11 is 1.23. The largest absolute Gasteiger partial charge is 0.378 e. The van der Waals surface area contributed by atoms with Crippen molar-refractivity contribution < 1.29 is 9.72 Å². The van der Waals surface area contributed by atoms with Crippen LogP contribution < -0.4 is 16.0 Å². The molecule has 0 saturated heterocycles. The van der Waals surface area contributed by atoms with Crippen molar-refractivity contribution in [3.8, 4) is 0 Å². The van der Waals surface area contributed by atoms with E-state index in [1.54, 1.807) is 32.2 Å². The number of para-hydroxylation sites is 2. The number of hydrogen-bond acceptors (Lipinski definition) is 7. The van der Waals surface area contributed by atoms with Crippen LogP contribution in [-0.2, 0) is 0 Å². The van der Waals surface area contributed by atoms with Crippen molar-refractivity contribution in [3.63, 3.8) is 0 Å². The number of nitro benzene ring substituents is 1. The van der Waals surface area contributed by atoms with Gasteiger partial charge in [-0.15, -0.1) is 0 Å². The Kier molecular flexibility index (Phi) is 5.47. The SMILES string of the molecule is CNc1snc(C)c1C(=O)NCCNc1ccccc1[N+](=O)[O-]. The first-order valence-electron chi connectivity index (χ1n) is 6.94. The van der Waals surface area contributed by atoms with E-state index in [-0.39, 0.29) is 11.6 Å². The van der Waals surface area contributed by atoms with Crippen molar-refractivity contribution in [1.29, 1.82) is 0 Å². The molecule has 3 N–H and O–H groups in total. The maximum absolute atomic E-state index is 12.2. The zero-order valence-electron chi connectivity index (χ0n) is 12.8. The number of hydrogen-bond donors (Lipinski definition) is 3. The fraction of sp³-hybridized carbons (Fsp3) is 0.286. The Morgan fingerprint density at radius 2 is 2.09 bits per heavy atom. The molecule has 1 aromatic heterocycles. The Hall–Kier alpha value is -2.68. The van der Waals surface area contributed by atoms with Gasteiger partial charge in [-0.2, -0.15) is 4.37 Å². The van der Waals surface area contributed by atoms with Crippen LogP contribution in [0.2, 0.25) is 0 Å². The van der Waals surface area contributed by atoms with Crippen molar-refractivity contribution in [2.45, 2.75) is 6.92 Å². The van der Waals surface area contributed by atoms with E-state index in [4.69, 9.17) is 0 Å². The normalized spacial score (nSPS) is 10.2. The van der Waals surface area contributed by atoms with Crippen LogP contribution in [0.3, 0.4) is 0 Å². The molecule has 1 amide bonds. The predicted octanol–water partition coefficient (Wildman–Crippen LogP) is 2.24. The second-order valence-electron chi connectivity index (χ2n) is 4.68. The molecule has 0 atom stereocenters. The summed E-state index contributed by atoms with van der Waals surface area (Å²) in [5, 5.41) is 20.3. The monoisotopic (exact) mass is 335 g/mol. The minimum absolute atomic E-state index is 0.00850. The van der Waals surface area contributed by atoms with E-state index in [2.05, 4.69) is 20.3 Å². The molecule has 122 valence electrons. The van der Waals surface area contributed by atoms with Crippen LogP contribution in [0.4, 0.5) is 16.4 Å². The smallest absolute Gasteiger partial charge is 0.292 e. The van der Waals surface area contributed by atoms with Crippen molar-refractivity contribution >= 4 is 33.8 Å². The van der Waals surface area contributed by atoms with Crippen LogP contribution in [-0.4, -0.2) is 35.3 Å². The number of aryl methyl sites for hydroxylation is 1. The highest BCUT2D eigenvalue weighted by Crippen LogP contribution is 2.24. The summed E-state index contributed by atoms with van der Waals surface area (Å²) in [7, 11) is 1.74. The number of nitrogens with one attached hydrogen (secondary N) is 3. The molecule has 0 spiro atoms. The molecule has 0 saturated carbocycles. The van der Waals surface area contributed by atoms with Crippen LogP contribution in [0.1, 0.15) is 16.1 Å². The second-order valence-corrected chi connectivity index (χ2v) is 5.45. The van der Waals surface area contributed by atoms with E-state index in [9.17, 15) is 14.9 Å². The molecular formula is C14H17N5O3S. The number of benzene rings is 1. The average Bonchev–Trinajstić information content (AvgIpc) is 2.92. The van der Waals surface area contributed by atoms with Gasteiger partial charge in [-0.3, -0.25) is 14.9 Å². The molecule has 0 radical (unpaired) electrons. The van der Waals surface area contributed by atoms with E-state index >= 15 is 0 Å². The Balaban J connectivity index is 1.90. The lowest BCUT2D eigenvalue weighted by molar-refractivity contribution is -0.384. The molecule has 0 unspecified atom stereocenters. The number of carbonyl (C=O) groups is 1. The van der Waals surface area contributed by atoms with Gasteiger partial charge in [0.15, 0.2) is 0 Å². The molecule has 8 nitrogen and oxygen atoms in total. The van der Waals surface area contributed by atoms with Crippen molar-refractivity contribution in [2.24, 2.45) is 0 Å². The minimum Gasteiger partial charge on any atom is -0.378 e. The highest BCUT2D eigenvalue weighted by atomic mass is 32.1. The van der Waals surface area contributed by atoms with Crippen LogP contribution in [0, 0.1) is 17.0 Å². The first-order valence-corrected chi connectivity index (χ1v) is 7.71. The molecule has 0 bridgehead atoms. The summed E-state index contributed by atoms with van der Waals surface area (Å²) in [4.78, 5) is 22.6. The number of nitrogens with zero attached hydrogens (tertiary/aromatic N) is 2. The van der Waals surface area contributed by atoms with Crippen molar-refractivity contribution in [2.75, 3.05) is 30.8 Å². The van der Waals surface area contributed by atoms with E-state index < -0.39 is 4.92 Å². The zero-order chi connectivity index (χ0) is 16.8. The quantitative estimate of drug-likeness (QED) is 0.407. The highest BCUT2D eigenvalue weighted by molar-refractivity contribution is 7.10. The lowest BCUT2D eigenvalue weighted by Gasteiger charge is -2.09. The fourth-order valence-electron chi connectivity index (χ4n) is 2.05. The molecular weight excluding hydrogens is 318 g/mol. The Morgan fingerprint density at radius 1 is 1.35 bits per heavy atom. The molecule has 0 aliphatic heterocycles. The third kappa shape index (κ3) is 3.95. The van der Waals surface area contributed by atoms with E-state index in [0.29, 0.717) is 35.0 Å². The van der Waals surface area contributed by atoms with Gasteiger partial charge in [0.2, 0.25) is 0 Å². The van der Waals surface area contributed by atoms with E-state index in [1.165, 1.54) is 17.6 Å². The van der Waals surface area contributed by atoms with Crippen LogP contribution in [0.15, 0.2) is 24.3 Å². The maximum atomic E-state index is 12.2. The topological polar surface area (TPSA) is 109 Å². The van der Waals surface area contributed by atoms with Crippen molar-refractivity contribution in [1.82, 2.24) is 9.69 Å². The summed E-state index contributed by atoms with van der Waals surface area (Å²) in [6.45, 7) is 2.49. The predicted molar refractivity (Wildman–Crippen MR) is 90.3 cm³/mol. The van der Waals surface area contributed by atoms with Gasteiger partial charge in [-0.25, -0.2) is 0 Å². The molecule has 0 aliphatic carbocycles. The molecule has 0 aliphatic rings.